The molecular formula is C23H24N4O5S2. The molecule has 1 amide bonds. The number of aryl methyl sites for hydroxylation is 2. The zero-order valence-electron chi connectivity index (χ0n) is 18.8. The highest BCUT2D eigenvalue weighted by Gasteiger charge is 2.33. The van der Waals surface area contributed by atoms with Gasteiger partial charge in [-0.15, -0.1) is 10.2 Å². The van der Waals surface area contributed by atoms with E-state index in [9.17, 15) is 13.2 Å². The number of sulfonamides is 1. The third-order valence-corrected chi connectivity index (χ3v) is 9.06. The van der Waals surface area contributed by atoms with Crippen molar-refractivity contribution in [3.8, 4) is 11.5 Å². The van der Waals surface area contributed by atoms with Crippen LogP contribution in [0.4, 0.5) is 5.69 Å². The zero-order valence-corrected chi connectivity index (χ0v) is 20.4. The molecule has 0 radical (unpaired) electrons. The number of benzene rings is 2. The molecule has 0 bridgehead atoms. The number of nitrogens with zero attached hydrogens (tertiary/aromatic N) is 3. The Balaban J connectivity index is 1.29. The second kappa shape index (κ2) is 8.97. The molecule has 0 unspecified atom stereocenters. The Kier molecular flexibility index (Phi) is 6.00. The Hall–Kier alpha value is -3.02. The van der Waals surface area contributed by atoms with Crippen LogP contribution in [0.3, 0.4) is 0 Å². The van der Waals surface area contributed by atoms with Crippen LogP contribution in [-0.4, -0.2) is 48.7 Å². The number of piperidine rings is 1. The van der Waals surface area contributed by atoms with Crippen molar-refractivity contribution in [2.24, 2.45) is 0 Å². The fraction of sp³-hybridized carbons (Fsp3) is 0.348. The maximum atomic E-state index is 13.3. The number of carbonyl (C=O) groups excluding carboxylic acids is 1. The van der Waals surface area contributed by atoms with E-state index in [2.05, 4.69) is 15.5 Å². The van der Waals surface area contributed by atoms with E-state index in [-0.39, 0.29) is 23.6 Å². The quantitative estimate of drug-likeness (QED) is 0.569. The van der Waals surface area contributed by atoms with E-state index in [1.807, 2.05) is 26.0 Å². The van der Waals surface area contributed by atoms with Crippen molar-refractivity contribution in [2.45, 2.75) is 37.5 Å². The minimum absolute atomic E-state index is 0.112. The van der Waals surface area contributed by atoms with Crippen molar-refractivity contribution >= 4 is 33.0 Å². The van der Waals surface area contributed by atoms with Crippen LogP contribution in [0, 0.1) is 13.8 Å². The normalized spacial score (nSPS) is 18.1. The van der Waals surface area contributed by atoms with Crippen LogP contribution in [-0.2, 0) is 10.0 Å². The third-order valence-electron chi connectivity index (χ3n) is 5.95. The van der Waals surface area contributed by atoms with Crippen molar-refractivity contribution < 1.29 is 22.7 Å². The molecule has 0 spiro atoms. The van der Waals surface area contributed by atoms with Gasteiger partial charge in [-0.05, 0) is 50.5 Å². The van der Waals surface area contributed by atoms with Gasteiger partial charge in [-0.3, -0.25) is 4.79 Å². The molecule has 1 atom stereocenters. The number of carbonyl (C=O) groups is 1. The smallest absolute Gasteiger partial charge is 0.286 e. The Bertz CT molecular complexity index is 1360. The van der Waals surface area contributed by atoms with E-state index in [0.717, 1.165) is 17.5 Å². The van der Waals surface area contributed by atoms with Gasteiger partial charge in [0, 0.05) is 30.8 Å². The highest BCUT2D eigenvalue weighted by Crippen LogP contribution is 2.35. The second-order valence-corrected chi connectivity index (χ2v) is 11.4. The van der Waals surface area contributed by atoms with Gasteiger partial charge in [-0.1, -0.05) is 29.0 Å². The number of anilines is 1. The van der Waals surface area contributed by atoms with Crippen LogP contribution in [0.25, 0.3) is 0 Å². The topological polar surface area (TPSA) is 111 Å². The van der Waals surface area contributed by atoms with Crippen LogP contribution in [0.1, 0.15) is 44.7 Å². The summed E-state index contributed by atoms with van der Waals surface area (Å²) in [7, 11) is -3.62. The lowest BCUT2D eigenvalue weighted by atomic mass is 10.0. The fourth-order valence-corrected chi connectivity index (χ4v) is 6.83. The van der Waals surface area contributed by atoms with Crippen molar-refractivity contribution in [3.05, 3.63) is 57.5 Å². The minimum Gasteiger partial charge on any atom is -0.454 e. The summed E-state index contributed by atoms with van der Waals surface area (Å²) < 4.78 is 38.8. The highest BCUT2D eigenvalue weighted by atomic mass is 32.2. The van der Waals surface area contributed by atoms with Crippen LogP contribution in [0.2, 0.25) is 0 Å². The van der Waals surface area contributed by atoms with Crippen molar-refractivity contribution in [1.82, 2.24) is 14.5 Å². The Labute approximate surface area is 201 Å². The van der Waals surface area contributed by atoms with E-state index in [1.54, 1.807) is 24.3 Å². The number of amides is 1. The summed E-state index contributed by atoms with van der Waals surface area (Å²) in [5.74, 6) is 0.717. The minimum atomic E-state index is -3.62. The molecule has 1 N–H and O–H groups in total. The summed E-state index contributed by atoms with van der Waals surface area (Å²) in [4.78, 5) is 13.0. The number of nitrogens with one attached hydrogen (secondary N) is 1. The van der Waals surface area contributed by atoms with Crippen molar-refractivity contribution in [2.75, 3.05) is 25.2 Å². The van der Waals surface area contributed by atoms with Gasteiger partial charge in [-0.2, -0.15) is 4.31 Å². The lowest BCUT2D eigenvalue weighted by Gasteiger charge is -2.31. The summed E-state index contributed by atoms with van der Waals surface area (Å²) in [5.41, 5.74) is 2.32. The van der Waals surface area contributed by atoms with Gasteiger partial charge >= 0.3 is 0 Å². The molecular weight excluding hydrogens is 476 g/mol. The molecule has 34 heavy (non-hydrogen) atoms. The zero-order chi connectivity index (χ0) is 23.9. The average Bonchev–Trinajstić information content (AvgIpc) is 3.48. The van der Waals surface area contributed by atoms with Gasteiger partial charge in [0.05, 0.1) is 4.90 Å². The second-order valence-electron chi connectivity index (χ2n) is 8.44. The monoisotopic (exact) mass is 500 g/mol. The first-order valence-corrected chi connectivity index (χ1v) is 13.2. The summed E-state index contributed by atoms with van der Waals surface area (Å²) in [6.45, 7) is 4.69. The molecule has 1 aromatic heterocycles. The number of fused-ring (bicyclic) bond motifs is 1. The molecule has 9 nitrogen and oxygen atoms in total. The van der Waals surface area contributed by atoms with Crippen LogP contribution in [0.5, 0.6) is 11.5 Å². The highest BCUT2D eigenvalue weighted by molar-refractivity contribution is 7.89. The Morgan fingerprint density at radius 2 is 1.94 bits per heavy atom. The summed E-state index contributed by atoms with van der Waals surface area (Å²) in [5, 5.41) is 12.0. The average molecular weight is 501 g/mol. The number of hydrogen-bond donors (Lipinski definition) is 1. The molecule has 0 aliphatic carbocycles. The predicted octanol–water partition coefficient (Wildman–Crippen LogP) is 3.70. The summed E-state index contributed by atoms with van der Waals surface area (Å²) in [6.07, 6.45) is 1.50. The number of rotatable bonds is 5. The van der Waals surface area contributed by atoms with E-state index in [4.69, 9.17) is 9.47 Å². The number of aromatic nitrogens is 2. The molecule has 3 heterocycles. The van der Waals surface area contributed by atoms with Crippen molar-refractivity contribution in [1.29, 1.82) is 0 Å². The molecule has 178 valence electrons. The van der Waals surface area contributed by atoms with Gasteiger partial charge in [-0.25, -0.2) is 8.42 Å². The number of hydrogen-bond acceptors (Lipinski definition) is 8. The van der Waals surface area contributed by atoms with E-state index in [0.29, 0.717) is 46.6 Å². The van der Waals surface area contributed by atoms with Gasteiger partial charge in [0.2, 0.25) is 21.8 Å². The number of ether oxygens (including phenoxy) is 2. The molecule has 1 fully saturated rings. The van der Waals surface area contributed by atoms with Gasteiger partial charge in [0.25, 0.3) is 5.91 Å². The first-order valence-electron chi connectivity index (χ1n) is 10.9. The fourth-order valence-electron chi connectivity index (χ4n) is 4.24. The Morgan fingerprint density at radius 1 is 1.12 bits per heavy atom. The molecule has 11 heteroatoms. The van der Waals surface area contributed by atoms with Gasteiger partial charge in [0.1, 0.15) is 5.01 Å². The summed E-state index contributed by atoms with van der Waals surface area (Å²) >= 11 is 1.19. The largest absolute Gasteiger partial charge is 0.454 e. The maximum Gasteiger partial charge on any atom is 0.286 e. The maximum absolute atomic E-state index is 13.3. The Morgan fingerprint density at radius 3 is 2.76 bits per heavy atom. The first-order chi connectivity index (χ1) is 16.3. The summed E-state index contributed by atoms with van der Waals surface area (Å²) in [6, 6.07) is 10.5. The van der Waals surface area contributed by atoms with E-state index >= 15 is 0 Å². The standard InChI is InChI=1S/C23H24N4O5S2/c1-14-5-8-20(15(2)10-14)34(29,30)27-9-3-4-16(12-27)22-25-26-23(33-22)21(28)24-17-6-7-18-19(11-17)32-13-31-18/h5-8,10-11,16H,3-4,9,12-13H2,1-2H3,(H,24,28)/t16-/m0/s1. The lowest BCUT2D eigenvalue weighted by molar-refractivity contribution is 0.102. The van der Waals surface area contributed by atoms with Crippen molar-refractivity contribution in [3.63, 3.8) is 0 Å². The van der Waals surface area contributed by atoms with Crippen LogP contribution >= 0.6 is 11.3 Å². The van der Waals surface area contributed by atoms with Gasteiger partial charge < -0.3 is 14.8 Å². The first kappa shape index (κ1) is 22.8. The molecule has 2 aliphatic heterocycles. The van der Waals surface area contributed by atoms with E-state index in [1.165, 1.54) is 15.6 Å². The van der Waals surface area contributed by atoms with Crippen LogP contribution < -0.4 is 14.8 Å². The van der Waals surface area contributed by atoms with Gasteiger partial charge in [0.15, 0.2) is 11.5 Å². The lowest BCUT2D eigenvalue weighted by Crippen LogP contribution is -2.39. The molecule has 1 saturated heterocycles. The molecule has 2 aromatic carbocycles. The van der Waals surface area contributed by atoms with Crippen LogP contribution in [0.15, 0.2) is 41.3 Å². The molecule has 5 rings (SSSR count). The molecule has 0 saturated carbocycles. The van der Waals surface area contributed by atoms with E-state index < -0.39 is 10.0 Å². The SMILES string of the molecule is Cc1ccc(S(=O)(=O)N2CCC[C@H](c3nnc(C(=O)Nc4ccc5c(c4)OCO5)s3)C2)c(C)c1. The third kappa shape index (κ3) is 4.38. The predicted molar refractivity (Wildman–Crippen MR) is 127 cm³/mol. The molecule has 3 aromatic rings. The molecule has 2 aliphatic rings.